The molecular formula is C17H26N2OS. The van der Waals surface area contributed by atoms with Gasteiger partial charge in [0.15, 0.2) is 0 Å². The van der Waals surface area contributed by atoms with Gasteiger partial charge in [0.1, 0.15) is 0 Å². The number of thiophene rings is 1. The van der Waals surface area contributed by atoms with Crippen molar-refractivity contribution < 1.29 is 4.79 Å². The van der Waals surface area contributed by atoms with Crippen LogP contribution in [0, 0.1) is 12.8 Å². The second kappa shape index (κ2) is 6.93. The van der Waals surface area contributed by atoms with Gasteiger partial charge in [0, 0.05) is 22.7 Å². The van der Waals surface area contributed by atoms with Gasteiger partial charge in [-0.05, 0) is 70.2 Å². The Morgan fingerprint density at radius 3 is 2.86 bits per heavy atom. The largest absolute Gasteiger partial charge is 0.335 e. The lowest BCUT2D eigenvalue weighted by Gasteiger charge is -2.26. The van der Waals surface area contributed by atoms with Gasteiger partial charge in [-0.2, -0.15) is 0 Å². The van der Waals surface area contributed by atoms with Crippen LogP contribution in [0.15, 0.2) is 12.1 Å². The minimum atomic E-state index is 0.351. The maximum absolute atomic E-state index is 12.6. The smallest absolute Gasteiger partial charge is 0.223 e. The fraction of sp³-hybridized carbons (Fsp3) is 0.706. The van der Waals surface area contributed by atoms with Gasteiger partial charge in [-0.15, -0.1) is 11.3 Å². The van der Waals surface area contributed by atoms with E-state index in [0.29, 0.717) is 11.9 Å². The topological polar surface area (TPSA) is 32.3 Å². The number of hydrogen-bond donors (Lipinski definition) is 1. The van der Waals surface area contributed by atoms with Crippen molar-refractivity contribution in [1.29, 1.82) is 0 Å². The zero-order valence-electron chi connectivity index (χ0n) is 12.9. The maximum Gasteiger partial charge on any atom is 0.223 e. The number of carbonyl (C=O) groups excluding carboxylic acids is 1. The molecular weight excluding hydrogens is 280 g/mol. The number of likely N-dealkylation sites (tertiary alicyclic amines) is 1. The number of nitrogens with zero attached hydrogens (tertiary/aromatic N) is 1. The number of hydrogen-bond acceptors (Lipinski definition) is 3. The lowest BCUT2D eigenvalue weighted by Crippen LogP contribution is -2.32. The van der Waals surface area contributed by atoms with E-state index in [1.54, 1.807) is 0 Å². The summed E-state index contributed by atoms with van der Waals surface area (Å²) in [5.74, 6) is 1.13. The van der Waals surface area contributed by atoms with Gasteiger partial charge in [0.05, 0.1) is 6.04 Å². The minimum absolute atomic E-state index is 0.351. The molecule has 1 atom stereocenters. The summed E-state index contributed by atoms with van der Waals surface area (Å²) in [5, 5.41) is 3.39. The van der Waals surface area contributed by atoms with Crippen molar-refractivity contribution in [3.8, 4) is 0 Å². The van der Waals surface area contributed by atoms with E-state index >= 15 is 0 Å². The molecule has 0 radical (unpaired) electrons. The predicted octanol–water partition coefficient (Wildman–Crippen LogP) is 3.50. The molecule has 2 aliphatic rings. The summed E-state index contributed by atoms with van der Waals surface area (Å²) in [5.41, 5.74) is 0. The normalized spacial score (nSPS) is 23.7. The Hall–Kier alpha value is -0.870. The first-order valence-electron chi connectivity index (χ1n) is 8.30. The van der Waals surface area contributed by atoms with Crippen molar-refractivity contribution in [1.82, 2.24) is 10.2 Å². The Kier molecular flexibility index (Phi) is 4.96. The molecule has 0 aliphatic carbocycles. The van der Waals surface area contributed by atoms with Gasteiger partial charge in [0.2, 0.25) is 5.91 Å². The summed E-state index contributed by atoms with van der Waals surface area (Å²) in [6, 6.07) is 4.74. The van der Waals surface area contributed by atoms with Crippen LogP contribution in [0.25, 0.3) is 0 Å². The molecule has 4 heteroatoms. The quantitative estimate of drug-likeness (QED) is 0.923. The summed E-state index contributed by atoms with van der Waals surface area (Å²) >= 11 is 1.85. The van der Waals surface area contributed by atoms with Gasteiger partial charge in [-0.25, -0.2) is 0 Å². The highest BCUT2D eigenvalue weighted by Gasteiger charge is 2.30. The van der Waals surface area contributed by atoms with Gasteiger partial charge < -0.3 is 10.2 Å². The van der Waals surface area contributed by atoms with Crippen molar-refractivity contribution in [3.05, 3.63) is 21.9 Å². The van der Waals surface area contributed by atoms with Crippen LogP contribution in [-0.4, -0.2) is 30.4 Å². The standard InChI is InChI=1S/C17H26N2OS/c1-13-4-6-16(21-13)15-3-2-12-19(15)17(20)7-5-14-8-10-18-11-9-14/h4,6,14-15,18H,2-3,5,7-12H2,1H3. The van der Waals surface area contributed by atoms with Crippen molar-refractivity contribution in [2.45, 2.75) is 51.5 Å². The third-order valence-electron chi connectivity index (χ3n) is 4.89. The molecule has 0 saturated carbocycles. The minimum Gasteiger partial charge on any atom is -0.335 e. The molecule has 0 bridgehead atoms. The molecule has 1 amide bonds. The molecule has 2 saturated heterocycles. The zero-order chi connectivity index (χ0) is 14.7. The maximum atomic E-state index is 12.6. The Balaban J connectivity index is 1.55. The number of rotatable bonds is 4. The molecule has 2 aliphatic heterocycles. The number of amides is 1. The zero-order valence-corrected chi connectivity index (χ0v) is 13.8. The Labute approximate surface area is 131 Å². The van der Waals surface area contributed by atoms with Crippen LogP contribution in [0.4, 0.5) is 0 Å². The summed E-state index contributed by atoms with van der Waals surface area (Å²) in [6.07, 6.45) is 6.58. The van der Waals surface area contributed by atoms with Crippen molar-refractivity contribution in [2.75, 3.05) is 19.6 Å². The molecule has 1 unspecified atom stereocenters. The summed E-state index contributed by atoms with van der Waals surface area (Å²) in [6.45, 7) is 5.35. The van der Waals surface area contributed by atoms with Gasteiger partial charge in [-0.1, -0.05) is 0 Å². The summed E-state index contributed by atoms with van der Waals surface area (Å²) in [7, 11) is 0. The third-order valence-corrected chi connectivity index (χ3v) is 5.99. The molecule has 1 aromatic rings. The third kappa shape index (κ3) is 3.67. The molecule has 1 N–H and O–H groups in total. The molecule has 0 spiro atoms. The molecule has 2 fully saturated rings. The van der Waals surface area contributed by atoms with Crippen LogP contribution in [0.5, 0.6) is 0 Å². The molecule has 3 rings (SSSR count). The van der Waals surface area contributed by atoms with Crippen LogP contribution in [0.1, 0.15) is 54.3 Å². The molecule has 1 aromatic heterocycles. The highest BCUT2D eigenvalue weighted by atomic mass is 32.1. The Morgan fingerprint density at radius 1 is 1.33 bits per heavy atom. The highest BCUT2D eigenvalue weighted by Crippen LogP contribution is 2.36. The van der Waals surface area contributed by atoms with E-state index < -0.39 is 0 Å². The number of piperidine rings is 1. The van der Waals surface area contributed by atoms with E-state index in [9.17, 15) is 4.79 Å². The lowest BCUT2D eigenvalue weighted by atomic mass is 9.93. The lowest BCUT2D eigenvalue weighted by molar-refractivity contribution is -0.132. The van der Waals surface area contributed by atoms with Crippen molar-refractivity contribution in [3.63, 3.8) is 0 Å². The van der Waals surface area contributed by atoms with E-state index in [-0.39, 0.29) is 0 Å². The van der Waals surface area contributed by atoms with E-state index in [2.05, 4.69) is 29.3 Å². The molecule has 0 aromatic carbocycles. The van der Waals surface area contributed by atoms with Gasteiger partial charge >= 0.3 is 0 Å². The highest BCUT2D eigenvalue weighted by molar-refractivity contribution is 7.12. The predicted molar refractivity (Wildman–Crippen MR) is 87.6 cm³/mol. The van der Waals surface area contributed by atoms with Crippen LogP contribution in [0.3, 0.4) is 0 Å². The summed E-state index contributed by atoms with van der Waals surface area (Å²) in [4.78, 5) is 17.5. The first kappa shape index (κ1) is 15.0. The van der Waals surface area contributed by atoms with Crippen molar-refractivity contribution in [2.24, 2.45) is 5.92 Å². The van der Waals surface area contributed by atoms with E-state index in [0.717, 1.165) is 51.2 Å². The average molecular weight is 306 g/mol. The fourth-order valence-electron chi connectivity index (χ4n) is 3.64. The first-order chi connectivity index (χ1) is 10.2. The van der Waals surface area contributed by atoms with Gasteiger partial charge in [0.25, 0.3) is 0 Å². The van der Waals surface area contributed by atoms with E-state index in [1.807, 2.05) is 11.3 Å². The monoisotopic (exact) mass is 306 g/mol. The first-order valence-corrected chi connectivity index (χ1v) is 9.12. The Bertz CT molecular complexity index is 479. The number of nitrogens with one attached hydrogen (secondary N) is 1. The van der Waals surface area contributed by atoms with Crippen LogP contribution in [-0.2, 0) is 4.79 Å². The van der Waals surface area contributed by atoms with Crippen LogP contribution >= 0.6 is 11.3 Å². The molecule has 3 nitrogen and oxygen atoms in total. The Morgan fingerprint density at radius 2 is 2.14 bits per heavy atom. The molecule has 3 heterocycles. The van der Waals surface area contributed by atoms with Crippen LogP contribution in [0.2, 0.25) is 0 Å². The second-order valence-electron chi connectivity index (χ2n) is 6.43. The van der Waals surface area contributed by atoms with Crippen LogP contribution < -0.4 is 5.32 Å². The average Bonchev–Trinajstić information content (AvgIpc) is 3.14. The van der Waals surface area contributed by atoms with E-state index in [4.69, 9.17) is 0 Å². The molecule has 21 heavy (non-hydrogen) atoms. The fourth-order valence-corrected chi connectivity index (χ4v) is 4.66. The SMILES string of the molecule is Cc1ccc(C2CCCN2C(=O)CCC2CCNCC2)s1. The van der Waals surface area contributed by atoms with Crippen molar-refractivity contribution >= 4 is 17.2 Å². The summed E-state index contributed by atoms with van der Waals surface area (Å²) < 4.78 is 0. The van der Waals surface area contributed by atoms with E-state index in [1.165, 1.54) is 22.6 Å². The molecule has 116 valence electrons. The van der Waals surface area contributed by atoms with Gasteiger partial charge in [-0.3, -0.25) is 4.79 Å². The number of carbonyl (C=O) groups is 1. The number of aryl methyl sites for hydroxylation is 1. The second-order valence-corrected chi connectivity index (χ2v) is 7.75.